The summed E-state index contributed by atoms with van der Waals surface area (Å²) in [6.07, 6.45) is 5.10. The molecule has 2 heterocycles. The number of carbonyl (C=O) groups is 1. The average molecular weight is 394 g/mol. The Hall–Kier alpha value is -3.35. The molecule has 3 aromatic rings. The fraction of sp³-hybridized carbons (Fsp3) is 0.318. The van der Waals surface area contributed by atoms with Gasteiger partial charge in [-0.15, -0.1) is 10.2 Å². The summed E-state index contributed by atoms with van der Waals surface area (Å²) < 4.78 is 13.0. The Morgan fingerprint density at radius 1 is 1.17 bits per heavy atom. The maximum Gasteiger partial charge on any atom is 0.244 e. The molecule has 0 aliphatic carbocycles. The maximum atomic E-state index is 12.3. The third-order valence-corrected chi connectivity index (χ3v) is 4.27. The van der Waals surface area contributed by atoms with Crippen LogP contribution in [0.4, 0.5) is 0 Å². The van der Waals surface area contributed by atoms with E-state index in [0.717, 1.165) is 11.2 Å². The zero-order valence-electron chi connectivity index (χ0n) is 17.1. The molecule has 29 heavy (non-hydrogen) atoms. The van der Waals surface area contributed by atoms with E-state index in [-0.39, 0.29) is 11.9 Å². The summed E-state index contributed by atoms with van der Waals surface area (Å²) in [6.45, 7) is 6.67. The number of amides is 1. The number of hydrogen-bond donors (Lipinski definition) is 1. The van der Waals surface area contributed by atoms with Crippen LogP contribution in [0, 0.1) is 5.92 Å². The average Bonchev–Trinajstić information content (AvgIpc) is 3.15. The summed E-state index contributed by atoms with van der Waals surface area (Å²) in [7, 11) is 1.60. The summed E-state index contributed by atoms with van der Waals surface area (Å²) in [5.74, 6) is 2.21. The number of aromatic nitrogens is 3. The SMILES string of the molecule is COc1cc(/C=C/C(=O)NC(C)c2nnc3ccccn23)ccc1OCC(C)C. The van der Waals surface area contributed by atoms with Crippen molar-refractivity contribution in [2.45, 2.75) is 26.8 Å². The zero-order chi connectivity index (χ0) is 20.8. The minimum atomic E-state index is -0.286. The van der Waals surface area contributed by atoms with E-state index in [0.29, 0.717) is 29.8 Å². The molecule has 7 nitrogen and oxygen atoms in total. The van der Waals surface area contributed by atoms with E-state index in [1.165, 1.54) is 6.08 Å². The van der Waals surface area contributed by atoms with Gasteiger partial charge in [-0.3, -0.25) is 9.20 Å². The van der Waals surface area contributed by atoms with Crippen LogP contribution in [0.1, 0.15) is 38.2 Å². The van der Waals surface area contributed by atoms with E-state index in [4.69, 9.17) is 9.47 Å². The predicted octanol–water partition coefficient (Wildman–Crippen LogP) is 3.66. The number of hydrogen-bond acceptors (Lipinski definition) is 5. The summed E-state index contributed by atoms with van der Waals surface area (Å²) in [4.78, 5) is 12.3. The summed E-state index contributed by atoms with van der Waals surface area (Å²) >= 11 is 0. The Labute approximate surface area is 170 Å². The second-order valence-corrected chi connectivity index (χ2v) is 7.17. The summed E-state index contributed by atoms with van der Waals surface area (Å²) in [5, 5.41) is 11.2. The highest BCUT2D eigenvalue weighted by atomic mass is 16.5. The number of carbonyl (C=O) groups excluding carboxylic acids is 1. The van der Waals surface area contributed by atoms with Gasteiger partial charge < -0.3 is 14.8 Å². The number of nitrogens with one attached hydrogen (secondary N) is 1. The van der Waals surface area contributed by atoms with Crippen molar-refractivity contribution in [1.82, 2.24) is 19.9 Å². The van der Waals surface area contributed by atoms with Crippen molar-refractivity contribution in [3.63, 3.8) is 0 Å². The molecule has 0 aliphatic heterocycles. The minimum Gasteiger partial charge on any atom is -0.493 e. The molecule has 152 valence electrons. The zero-order valence-corrected chi connectivity index (χ0v) is 17.1. The molecule has 3 rings (SSSR count). The standard InChI is InChI=1S/C22H26N4O3/c1-15(2)14-29-18-10-8-17(13-19(18)28-4)9-11-21(27)23-16(3)22-25-24-20-7-5-6-12-26(20)22/h5-13,15-16H,14H2,1-4H3,(H,23,27)/b11-9+. The fourth-order valence-corrected chi connectivity index (χ4v) is 2.82. The van der Waals surface area contributed by atoms with Crippen molar-refractivity contribution in [2.24, 2.45) is 5.92 Å². The van der Waals surface area contributed by atoms with Crippen molar-refractivity contribution < 1.29 is 14.3 Å². The minimum absolute atomic E-state index is 0.218. The number of ether oxygens (including phenoxy) is 2. The van der Waals surface area contributed by atoms with Crippen LogP contribution in [0.5, 0.6) is 11.5 Å². The molecule has 0 fully saturated rings. The number of rotatable bonds is 8. The fourth-order valence-electron chi connectivity index (χ4n) is 2.82. The molecule has 1 atom stereocenters. The summed E-state index contributed by atoms with van der Waals surface area (Å²) in [5.41, 5.74) is 1.58. The smallest absolute Gasteiger partial charge is 0.244 e. The second-order valence-electron chi connectivity index (χ2n) is 7.17. The summed E-state index contributed by atoms with van der Waals surface area (Å²) in [6, 6.07) is 11.0. The lowest BCUT2D eigenvalue weighted by atomic mass is 10.1. The van der Waals surface area contributed by atoms with Crippen LogP contribution in [0.15, 0.2) is 48.7 Å². The van der Waals surface area contributed by atoms with Gasteiger partial charge in [0.25, 0.3) is 0 Å². The number of methoxy groups -OCH3 is 1. The highest BCUT2D eigenvalue weighted by Crippen LogP contribution is 2.29. The Bertz CT molecular complexity index is 1010. The second kappa shape index (κ2) is 9.23. The Morgan fingerprint density at radius 2 is 2.00 bits per heavy atom. The van der Waals surface area contributed by atoms with Crippen molar-refractivity contribution >= 4 is 17.6 Å². The number of fused-ring (bicyclic) bond motifs is 1. The van der Waals surface area contributed by atoms with Gasteiger partial charge in [-0.05, 0) is 48.7 Å². The number of nitrogens with zero attached hydrogens (tertiary/aromatic N) is 3. The van der Waals surface area contributed by atoms with Gasteiger partial charge in [0.2, 0.25) is 5.91 Å². The van der Waals surface area contributed by atoms with E-state index in [2.05, 4.69) is 29.4 Å². The third-order valence-electron chi connectivity index (χ3n) is 4.27. The molecule has 1 amide bonds. The first-order chi connectivity index (χ1) is 14.0. The lowest BCUT2D eigenvalue weighted by Crippen LogP contribution is -2.26. The van der Waals surface area contributed by atoms with E-state index < -0.39 is 0 Å². The molecule has 1 N–H and O–H groups in total. The Balaban J connectivity index is 1.65. The van der Waals surface area contributed by atoms with Crippen molar-refractivity contribution in [2.75, 3.05) is 13.7 Å². The molecule has 0 radical (unpaired) electrons. The molecule has 0 saturated carbocycles. The van der Waals surface area contributed by atoms with Crippen LogP contribution in [0.3, 0.4) is 0 Å². The van der Waals surface area contributed by atoms with E-state index in [1.807, 2.05) is 53.9 Å². The van der Waals surface area contributed by atoms with Crippen molar-refractivity contribution in [3.8, 4) is 11.5 Å². The maximum absolute atomic E-state index is 12.3. The van der Waals surface area contributed by atoms with Gasteiger partial charge >= 0.3 is 0 Å². The molecular formula is C22H26N4O3. The van der Waals surface area contributed by atoms with E-state index in [1.54, 1.807) is 13.2 Å². The van der Waals surface area contributed by atoms with Gasteiger partial charge in [-0.1, -0.05) is 26.0 Å². The first-order valence-electron chi connectivity index (χ1n) is 9.57. The largest absolute Gasteiger partial charge is 0.493 e. The van der Waals surface area contributed by atoms with Crippen molar-refractivity contribution in [1.29, 1.82) is 0 Å². The Kier molecular flexibility index (Phi) is 6.49. The predicted molar refractivity (Wildman–Crippen MR) is 112 cm³/mol. The van der Waals surface area contributed by atoms with E-state index >= 15 is 0 Å². The topological polar surface area (TPSA) is 77.8 Å². The first-order valence-corrected chi connectivity index (χ1v) is 9.57. The molecule has 2 aromatic heterocycles. The molecule has 0 saturated heterocycles. The van der Waals surface area contributed by atoms with Gasteiger partial charge in [-0.2, -0.15) is 0 Å². The highest BCUT2D eigenvalue weighted by molar-refractivity contribution is 5.92. The monoisotopic (exact) mass is 394 g/mol. The Morgan fingerprint density at radius 3 is 2.76 bits per heavy atom. The van der Waals surface area contributed by atoms with Crippen LogP contribution in [0.25, 0.3) is 11.7 Å². The lowest BCUT2D eigenvalue weighted by molar-refractivity contribution is -0.117. The highest BCUT2D eigenvalue weighted by Gasteiger charge is 2.14. The van der Waals surface area contributed by atoms with Crippen molar-refractivity contribution in [3.05, 3.63) is 60.1 Å². The van der Waals surface area contributed by atoms with Crippen LogP contribution in [-0.2, 0) is 4.79 Å². The molecule has 0 spiro atoms. The first kappa shape index (κ1) is 20.4. The lowest BCUT2D eigenvalue weighted by Gasteiger charge is -2.13. The van der Waals surface area contributed by atoms with Gasteiger partial charge in [0.15, 0.2) is 23.0 Å². The van der Waals surface area contributed by atoms with Crippen LogP contribution < -0.4 is 14.8 Å². The number of benzene rings is 1. The molecular weight excluding hydrogens is 368 g/mol. The van der Waals surface area contributed by atoms with Gasteiger partial charge in [0, 0.05) is 12.3 Å². The quantitative estimate of drug-likeness (QED) is 0.590. The molecule has 1 unspecified atom stereocenters. The number of pyridine rings is 1. The van der Waals surface area contributed by atoms with Gasteiger partial charge in [0.1, 0.15) is 0 Å². The van der Waals surface area contributed by atoms with Gasteiger partial charge in [0.05, 0.1) is 19.8 Å². The third kappa shape index (κ3) is 5.13. The van der Waals surface area contributed by atoms with E-state index in [9.17, 15) is 4.79 Å². The molecule has 0 aliphatic rings. The molecule has 7 heteroatoms. The van der Waals surface area contributed by atoms with Crippen LogP contribution in [-0.4, -0.2) is 34.2 Å². The van der Waals surface area contributed by atoms with Crippen LogP contribution in [0.2, 0.25) is 0 Å². The molecule has 0 bridgehead atoms. The van der Waals surface area contributed by atoms with Crippen LogP contribution >= 0.6 is 0 Å². The molecule has 1 aromatic carbocycles. The normalized spacial score (nSPS) is 12.4. The van der Waals surface area contributed by atoms with Gasteiger partial charge in [-0.25, -0.2) is 0 Å².